The molecule has 1 fully saturated rings. The predicted molar refractivity (Wildman–Crippen MR) is 87.0 cm³/mol. The second-order valence-electron chi connectivity index (χ2n) is 6.31. The van der Waals surface area contributed by atoms with Crippen LogP contribution in [0.3, 0.4) is 0 Å². The van der Waals surface area contributed by atoms with Gasteiger partial charge < -0.3 is 18.9 Å². The van der Waals surface area contributed by atoms with Gasteiger partial charge in [0.2, 0.25) is 5.91 Å². The number of aryl methyl sites for hydroxylation is 1. The molecule has 2 heterocycles. The van der Waals surface area contributed by atoms with Crippen molar-refractivity contribution in [1.29, 1.82) is 0 Å². The van der Waals surface area contributed by atoms with Crippen molar-refractivity contribution in [3.63, 3.8) is 0 Å². The summed E-state index contributed by atoms with van der Waals surface area (Å²) in [5.74, 6) is 0.0579. The largest absolute Gasteiger partial charge is 0.382 e. The summed E-state index contributed by atoms with van der Waals surface area (Å²) in [6.45, 7) is 6.35. The molecule has 0 spiro atoms. The lowest BCUT2D eigenvalue weighted by Gasteiger charge is -2.42. The number of nitrogens with zero attached hydrogens (tertiary/aromatic N) is 4. The monoisotopic (exact) mass is 324 g/mol. The summed E-state index contributed by atoms with van der Waals surface area (Å²) in [5, 5.41) is 0. The Labute approximate surface area is 138 Å². The lowest BCUT2D eigenvalue weighted by molar-refractivity contribution is -0.160. The van der Waals surface area contributed by atoms with Gasteiger partial charge in [0.25, 0.3) is 0 Å². The van der Waals surface area contributed by atoms with E-state index in [1.165, 1.54) is 5.69 Å². The van der Waals surface area contributed by atoms with Crippen LogP contribution in [0.15, 0.2) is 12.5 Å². The summed E-state index contributed by atoms with van der Waals surface area (Å²) in [5.41, 5.74) is 0.602. The standard InChI is InChI=1S/C16H28N4O3/c1-5-20-13-17-9-14(20)10-19-6-7-23-16(11-19,12-22-4)8-15(21)18(2)3/h9,13H,5-8,10-12H2,1-4H3/t16-/m0/s1. The first-order chi connectivity index (χ1) is 11.0. The van der Waals surface area contributed by atoms with Crippen LogP contribution < -0.4 is 0 Å². The lowest BCUT2D eigenvalue weighted by atomic mass is 9.97. The zero-order chi connectivity index (χ0) is 16.9. The fourth-order valence-corrected chi connectivity index (χ4v) is 2.99. The maximum atomic E-state index is 12.2. The van der Waals surface area contributed by atoms with E-state index < -0.39 is 5.60 Å². The van der Waals surface area contributed by atoms with Gasteiger partial charge in [0.05, 0.1) is 31.7 Å². The lowest BCUT2D eigenvalue weighted by Crippen LogP contribution is -2.56. The van der Waals surface area contributed by atoms with Gasteiger partial charge in [-0.25, -0.2) is 4.98 Å². The molecule has 1 atom stereocenters. The Kier molecular flexibility index (Phi) is 6.15. The number of hydrogen-bond acceptors (Lipinski definition) is 5. The Morgan fingerprint density at radius 2 is 2.30 bits per heavy atom. The van der Waals surface area contributed by atoms with Crippen LogP contribution in [0.2, 0.25) is 0 Å². The molecule has 2 rings (SSSR count). The number of hydrogen-bond donors (Lipinski definition) is 0. The number of imidazole rings is 1. The van der Waals surface area contributed by atoms with E-state index in [-0.39, 0.29) is 5.91 Å². The van der Waals surface area contributed by atoms with E-state index in [2.05, 4.69) is 21.4 Å². The second kappa shape index (κ2) is 7.90. The third-order valence-electron chi connectivity index (χ3n) is 4.23. The molecule has 0 aromatic carbocycles. The Hall–Kier alpha value is -1.44. The number of ether oxygens (including phenoxy) is 2. The van der Waals surface area contributed by atoms with Crippen LogP contribution in [0.5, 0.6) is 0 Å². The zero-order valence-electron chi connectivity index (χ0n) is 14.6. The molecule has 1 aromatic rings. The number of aromatic nitrogens is 2. The van der Waals surface area contributed by atoms with Gasteiger partial charge in [-0.15, -0.1) is 0 Å². The van der Waals surface area contributed by atoms with Gasteiger partial charge in [-0.1, -0.05) is 0 Å². The van der Waals surface area contributed by atoms with Crippen LogP contribution in [-0.2, 0) is 27.4 Å². The summed E-state index contributed by atoms with van der Waals surface area (Å²) in [4.78, 5) is 20.3. The first-order valence-corrected chi connectivity index (χ1v) is 8.04. The van der Waals surface area contributed by atoms with Crippen LogP contribution in [0, 0.1) is 0 Å². The quantitative estimate of drug-likeness (QED) is 0.735. The van der Waals surface area contributed by atoms with Crippen LogP contribution in [-0.4, -0.2) is 78.4 Å². The maximum absolute atomic E-state index is 12.2. The average molecular weight is 324 g/mol. The fraction of sp³-hybridized carbons (Fsp3) is 0.750. The van der Waals surface area contributed by atoms with Crippen molar-refractivity contribution >= 4 is 5.91 Å². The SMILES string of the molecule is CCn1cncc1CN1CCO[C@@](COC)(CC(=O)N(C)C)C1. The Morgan fingerprint density at radius 3 is 2.96 bits per heavy atom. The van der Waals surface area contributed by atoms with Crippen molar-refractivity contribution in [2.45, 2.75) is 32.0 Å². The van der Waals surface area contributed by atoms with Crippen LogP contribution in [0.25, 0.3) is 0 Å². The molecule has 0 aliphatic carbocycles. The molecule has 0 saturated carbocycles. The summed E-state index contributed by atoms with van der Waals surface area (Å²) >= 11 is 0. The Morgan fingerprint density at radius 1 is 1.52 bits per heavy atom. The summed E-state index contributed by atoms with van der Waals surface area (Å²) in [6, 6.07) is 0. The molecule has 1 saturated heterocycles. The van der Waals surface area contributed by atoms with Crippen molar-refractivity contribution in [2.24, 2.45) is 0 Å². The van der Waals surface area contributed by atoms with Gasteiger partial charge in [-0.3, -0.25) is 9.69 Å². The molecule has 1 amide bonds. The minimum absolute atomic E-state index is 0.0579. The molecule has 7 nitrogen and oxygen atoms in total. The Balaban J connectivity index is 2.07. The molecular weight excluding hydrogens is 296 g/mol. The highest BCUT2D eigenvalue weighted by Crippen LogP contribution is 2.24. The molecule has 0 bridgehead atoms. The van der Waals surface area contributed by atoms with E-state index in [0.29, 0.717) is 26.2 Å². The van der Waals surface area contributed by atoms with Gasteiger partial charge in [0.1, 0.15) is 5.60 Å². The maximum Gasteiger partial charge on any atom is 0.225 e. The third-order valence-corrected chi connectivity index (χ3v) is 4.23. The predicted octanol–water partition coefficient (Wildman–Crippen LogP) is 0.599. The highest BCUT2D eigenvalue weighted by Gasteiger charge is 2.39. The molecule has 0 N–H and O–H groups in total. The normalized spacial score (nSPS) is 22.3. The molecule has 1 aliphatic heterocycles. The highest BCUT2D eigenvalue weighted by atomic mass is 16.5. The van der Waals surface area contributed by atoms with Crippen molar-refractivity contribution in [2.75, 3.05) is 47.5 Å². The van der Waals surface area contributed by atoms with Crippen LogP contribution in [0.1, 0.15) is 19.0 Å². The zero-order valence-corrected chi connectivity index (χ0v) is 14.6. The van der Waals surface area contributed by atoms with E-state index >= 15 is 0 Å². The van der Waals surface area contributed by atoms with E-state index in [4.69, 9.17) is 9.47 Å². The smallest absolute Gasteiger partial charge is 0.225 e. The van der Waals surface area contributed by atoms with Gasteiger partial charge in [0.15, 0.2) is 0 Å². The van der Waals surface area contributed by atoms with Crippen LogP contribution >= 0.6 is 0 Å². The second-order valence-corrected chi connectivity index (χ2v) is 6.31. The number of methoxy groups -OCH3 is 1. The van der Waals surface area contributed by atoms with Crippen molar-refractivity contribution in [3.8, 4) is 0 Å². The molecule has 23 heavy (non-hydrogen) atoms. The molecule has 0 radical (unpaired) electrons. The highest BCUT2D eigenvalue weighted by molar-refractivity contribution is 5.76. The summed E-state index contributed by atoms with van der Waals surface area (Å²) < 4.78 is 13.5. The number of carbonyl (C=O) groups excluding carboxylic acids is 1. The summed E-state index contributed by atoms with van der Waals surface area (Å²) in [6.07, 6.45) is 4.09. The van der Waals surface area contributed by atoms with Crippen molar-refractivity contribution in [3.05, 3.63) is 18.2 Å². The van der Waals surface area contributed by atoms with E-state index in [0.717, 1.165) is 19.6 Å². The summed E-state index contributed by atoms with van der Waals surface area (Å²) in [7, 11) is 5.18. The van der Waals surface area contributed by atoms with E-state index in [9.17, 15) is 4.79 Å². The topological polar surface area (TPSA) is 59.8 Å². The Bertz CT molecular complexity index is 513. The minimum atomic E-state index is -0.578. The first-order valence-electron chi connectivity index (χ1n) is 8.04. The minimum Gasteiger partial charge on any atom is -0.382 e. The third kappa shape index (κ3) is 4.53. The van der Waals surface area contributed by atoms with E-state index in [1.807, 2.05) is 12.5 Å². The van der Waals surface area contributed by atoms with E-state index in [1.54, 1.807) is 26.1 Å². The molecule has 0 unspecified atom stereocenters. The molecule has 7 heteroatoms. The van der Waals surface area contributed by atoms with Gasteiger partial charge in [-0.05, 0) is 6.92 Å². The fourth-order valence-electron chi connectivity index (χ4n) is 2.99. The molecular formula is C16H28N4O3. The molecule has 130 valence electrons. The van der Waals surface area contributed by atoms with Gasteiger partial charge >= 0.3 is 0 Å². The van der Waals surface area contributed by atoms with Gasteiger partial charge in [0, 0.05) is 53.6 Å². The first kappa shape index (κ1) is 17.9. The van der Waals surface area contributed by atoms with Crippen LogP contribution in [0.4, 0.5) is 0 Å². The molecule has 1 aliphatic rings. The van der Waals surface area contributed by atoms with Gasteiger partial charge in [-0.2, -0.15) is 0 Å². The number of carbonyl (C=O) groups is 1. The number of amides is 1. The number of morpholine rings is 1. The van der Waals surface area contributed by atoms with Crippen molar-refractivity contribution in [1.82, 2.24) is 19.4 Å². The average Bonchev–Trinajstić information content (AvgIpc) is 2.94. The van der Waals surface area contributed by atoms with Crippen molar-refractivity contribution < 1.29 is 14.3 Å². The molecule has 1 aromatic heterocycles. The number of rotatable bonds is 7.